The van der Waals surface area contributed by atoms with Crippen molar-refractivity contribution < 1.29 is 25.8 Å². The number of hydrogen-bond donors (Lipinski definition) is 0. The summed E-state index contributed by atoms with van der Waals surface area (Å²) in [4.78, 5) is 0.00395. The number of aryl methyl sites for hydroxylation is 1. The van der Waals surface area contributed by atoms with Crippen LogP contribution in [0.4, 0.5) is 13.2 Å². The molecule has 0 saturated carbocycles. The summed E-state index contributed by atoms with van der Waals surface area (Å²) in [6.45, 7) is 7.12. The Bertz CT molecular complexity index is 847. The van der Waals surface area contributed by atoms with Crippen LogP contribution in [0.25, 0.3) is 0 Å². The van der Waals surface area contributed by atoms with Gasteiger partial charge in [-0.2, -0.15) is 21.6 Å². The minimum atomic E-state index is -4.45. The lowest BCUT2D eigenvalue weighted by molar-refractivity contribution is -0.137. The molecule has 0 N–H and O–H groups in total. The van der Waals surface area contributed by atoms with Gasteiger partial charge in [-0.1, -0.05) is 50.6 Å². The van der Waals surface area contributed by atoms with Gasteiger partial charge < -0.3 is 0 Å². The lowest BCUT2D eigenvalue weighted by Gasteiger charge is -2.30. The summed E-state index contributed by atoms with van der Waals surface area (Å²) in [5.41, 5.74) is -0.187. The summed E-state index contributed by atoms with van der Waals surface area (Å²) in [7, 11) is -4.07. The molecule has 0 bridgehead atoms. The van der Waals surface area contributed by atoms with Crippen LogP contribution in [0.3, 0.4) is 0 Å². The molecule has 1 unspecified atom stereocenters. The summed E-state index contributed by atoms with van der Waals surface area (Å²) in [6, 6.07) is 10.5. The maximum atomic E-state index is 12.8. The summed E-state index contributed by atoms with van der Waals surface area (Å²) in [5, 5.41) is 0. The van der Waals surface area contributed by atoms with Crippen LogP contribution in [0, 0.1) is 12.3 Å². The second-order valence-corrected chi connectivity index (χ2v) is 8.80. The molecule has 0 fully saturated rings. The normalized spacial score (nSPS) is 14.3. The van der Waals surface area contributed by atoms with Gasteiger partial charge in [-0.3, -0.25) is 4.18 Å². The van der Waals surface area contributed by atoms with Crippen LogP contribution in [-0.2, 0) is 20.5 Å². The molecule has 1 atom stereocenters. The van der Waals surface area contributed by atoms with Crippen molar-refractivity contribution in [3.63, 3.8) is 0 Å². The third-order valence-electron chi connectivity index (χ3n) is 3.86. The first-order valence-electron chi connectivity index (χ1n) is 7.98. The maximum Gasteiger partial charge on any atom is 0.416 e. The van der Waals surface area contributed by atoms with Crippen molar-refractivity contribution in [2.24, 2.45) is 5.41 Å². The molecule has 0 radical (unpaired) electrons. The second kappa shape index (κ2) is 7.04. The van der Waals surface area contributed by atoms with Crippen molar-refractivity contribution in [1.29, 1.82) is 0 Å². The molecule has 0 aliphatic heterocycles. The van der Waals surface area contributed by atoms with Crippen molar-refractivity contribution in [3.05, 3.63) is 65.2 Å². The van der Waals surface area contributed by atoms with Crippen LogP contribution in [0.1, 0.15) is 43.6 Å². The minimum Gasteiger partial charge on any atom is -0.258 e. The zero-order valence-electron chi connectivity index (χ0n) is 15.0. The monoisotopic (exact) mass is 386 g/mol. The average molecular weight is 386 g/mol. The van der Waals surface area contributed by atoms with E-state index in [-0.39, 0.29) is 4.90 Å². The van der Waals surface area contributed by atoms with Gasteiger partial charge in [-0.25, -0.2) is 0 Å². The van der Waals surface area contributed by atoms with E-state index in [4.69, 9.17) is 4.18 Å². The third-order valence-corrected chi connectivity index (χ3v) is 5.16. The van der Waals surface area contributed by atoms with Gasteiger partial charge in [0.1, 0.15) is 6.10 Å². The van der Waals surface area contributed by atoms with Gasteiger partial charge in [0.2, 0.25) is 0 Å². The third kappa shape index (κ3) is 4.86. The lowest BCUT2D eigenvalue weighted by atomic mass is 9.84. The maximum absolute atomic E-state index is 12.8. The Morgan fingerprint density at radius 2 is 1.38 bits per heavy atom. The summed E-state index contributed by atoms with van der Waals surface area (Å²) in [6.07, 6.45) is -5.39. The Morgan fingerprint density at radius 1 is 0.885 bits per heavy atom. The Hall–Kier alpha value is -1.86. The molecule has 142 valence electrons. The number of hydrogen-bond acceptors (Lipinski definition) is 3. The first kappa shape index (κ1) is 20.5. The molecular formula is C19H21F3O3S. The molecular weight excluding hydrogens is 365 g/mol. The second-order valence-electron chi connectivity index (χ2n) is 7.23. The zero-order chi connectivity index (χ0) is 19.8. The SMILES string of the molecule is Cc1ccc(S(=O)(=O)OC(c2ccc(C(F)(F)F)cc2)C(C)(C)C)cc1. The predicted octanol–water partition coefficient (Wildman–Crippen LogP) is 5.51. The standard InChI is InChI=1S/C19H21F3O3S/c1-13-5-11-16(12-6-13)26(23,24)25-17(18(2,3)4)14-7-9-15(10-8-14)19(20,21)22/h5-12,17H,1-4H3. The van der Waals surface area contributed by atoms with Gasteiger partial charge in [0.05, 0.1) is 10.5 Å². The van der Waals surface area contributed by atoms with Crippen LogP contribution in [0.5, 0.6) is 0 Å². The molecule has 0 heterocycles. The van der Waals surface area contributed by atoms with E-state index in [0.717, 1.165) is 17.7 Å². The highest BCUT2D eigenvalue weighted by Crippen LogP contribution is 2.39. The topological polar surface area (TPSA) is 43.4 Å². The van der Waals surface area contributed by atoms with Crippen molar-refractivity contribution in [1.82, 2.24) is 0 Å². The van der Waals surface area contributed by atoms with Gasteiger partial charge in [0.25, 0.3) is 10.1 Å². The molecule has 7 heteroatoms. The first-order valence-corrected chi connectivity index (χ1v) is 9.39. The molecule has 3 nitrogen and oxygen atoms in total. The van der Waals surface area contributed by atoms with Gasteiger partial charge in [-0.15, -0.1) is 0 Å². The first-order chi connectivity index (χ1) is 11.8. The largest absolute Gasteiger partial charge is 0.416 e. The van der Waals surface area contributed by atoms with E-state index in [0.29, 0.717) is 5.56 Å². The molecule has 26 heavy (non-hydrogen) atoms. The molecule has 2 rings (SSSR count). The fourth-order valence-electron chi connectivity index (χ4n) is 2.43. The van der Waals surface area contributed by atoms with Crippen LogP contribution in [0.15, 0.2) is 53.4 Å². The smallest absolute Gasteiger partial charge is 0.258 e. The summed E-state index contributed by atoms with van der Waals surface area (Å²) >= 11 is 0. The Morgan fingerprint density at radius 3 is 1.81 bits per heavy atom. The molecule has 0 saturated heterocycles. The van der Waals surface area contributed by atoms with Crippen LogP contribution >= 0.6 is 0 Å². The lowest BCUT2D eigenvalue weighted by Crippen LogP contribution is -2.24. The molecule has 2 aromatic carbocycles. The van der Waals surface area contributed by atoms with Gasteiger partial charge in [0.15, 0.2) is 0 Å². The van der Waals surface area contributed by atoms with Crippen LogP contribution in [0.2, 0.25) is 0 Å². The average Bonchev–Trinajstić information content (AvgIpc) is 2.51. The Balaban J connectivity index is 2.38. The van der Waals surface area contributed by atoms with E-state index in [1.165, 1.54) is 24.3 Å². The number of halogens is 3. The van der Waals surface area contributed by atoms with Crippen molar-refractivity contribution in [2.45, 2.75) is 44.9 Å². The van der Waals surface area contributed by atoms with Crippen LogP contribution < -0.4 is 0 Å². The van der Waals surface area contributed by atoms with E-state index in [1.54, 1.807) is 32.9 Å². The van der Waals surface area contributed by atoms with Gasteiger partial charge in [0, 0.05) is 0 Å². The molecule has 0 aromatic heterocycles. The number of alkyl halides is 3. The summed E-state index contributed by atoms with van der Waals surface area (Å²) in [5.74, 6) is 0. The van der Waals surface area contributed by atoms with Crippen molar-refractivity contribution in [2.75, 3.05) is 0 Å². The van der Waals surface area contributed by atoms with Crippen LogP contribution in [-0.4, -0.2) is 8.42 Å². The van der Waals surface area contributed by atoms with E-state index < -0.39 is 33.4 Å². The number of benzene rings is 2. The fourth-order valence-corrected chi connectivity index (χ4v) is 3.67. The van der Waals surface area contributed by atoms with Crippen molar-refractivity contribution in [3.8, 4) is 0 Å². The van der Waals surface area contributed by atoms with E-state index in [1.807, 2.05) is 6.92 Å². The Labute approximate surface area is 151 Å². The van der Waals surface area contributed by atoms with Crippen molar-refractivity contribution >= 4 is 10.1 Å². The Kier molecular flexibility index (Phi) is 5.54. The van der Waals surface area contributed by atoms with E-state index >= 15 is 0 Å². The molecule has 0 aliphatic carbocycles. The highest BCUT2D eigenvalue weighted by molar-refractivity contribution is 7.86. The zero-order valence-corrected chi connectivity index (χ0v) is 15.8. The molecule has 0 aliphatic rings. The molecule has 0 spiro atoms. The quantitative estimate of drug-likeness (QED) is 0.651. The minimum absolute atomic E-state index is 0.00395. The van der Waals surface area contributed by atoms with Gasteiger partial charge >= 0.3 is 6.18 Å². The highest BCUT2D eigenvalue weighted by atomic mass is 32.2. The van der Waals surface area contributed by atoms with E-state index in [9.17, 15) is 21.6 Å². The highest BCUT2D eigenvalue weighted by Gasteiger charge is 2.34. The summed E-state index contributed by atoms with van der Waals surface area (Å²) < 4.78 is 68.9. The molecule has 2 aromatic rings. The number of rotatable bonds is 4. The van der Waals surface area contributed by atoms with E-state index in [2.05, 4.69) is 0 Å². The fraction of sp³-hybridized carbons (Fsp3) is 0.368. The predicted molar refractivity (Wildman–Crippen MR) is 93.1 cm³/mol. The molecule has 0 amide bonds. The van der Waals surface area contributed by atoms with Gasteiger partial charge in [-0.05, 0) is 42.2 Å².